The number of nitrogens with zero attached hydrogens (tertiary/aromatic N) is 5. The van der Waals surface area contributed by atoms with Crippen molar-refractivity contribution in [1.29, 1.82) is 0 Å². The minimum absolute atomic E-state index is 0.630. The molecule has 5 heteroatoms. The maximum atomic E-state index is 5.20. The average molecular weight is 740 g/mol. The third kappa shape index (κ3) is 5.00. The maximum absolute atomic E-state index is 5.20. The molecule has 270 valence electrons. The smallest absolute Gasteiger partial charge is 0.164 e. The van der Waals surface area contributed by atoms with Gasteiger partial charge >= 0.3 is 0 Å². The minimum Gasteiger partial charge on any atom is -0.309 e. The van der Waals surface area contributed by atoms with Crippen LogP contribution in [-0.2, 0) is 0 Å². The Balaban J connectivity index is 1.18. The van der Waals surface area contributed by atoms with Crippen molar-refractivity contribution in [1.82, 2.24) is 24.1 Å². The van der Waals surface area contributed by atoms with Gasteiger partial charge in [-0.15, -0.1) is 0 Å². The Morgan fingerprint density at radius 2 is 0.845 bits per heavy atom. The van der Waals surface area contributed by atoms with Gasteiger partial charge in [0.25, 0.3) is 0 Å². The Morgan fingerprint density at radius 3 is 1.57 bits per heavy atom. The fourth-order valence-corrected chi connectivity index (χ4v) is 8.90. The van der Waals surface area contributed by atoms with Crippen LogP contribution in [0.2, 0.25) is 0 Å². The summed E-state index contributed by atoms with van der Waals surface area (Å²) in [5.41, 5.74) is 9.64. The molecule has 12 aromatic rings. The van der Waals surface area contributed by atoms with Crippen LogP contribution in [0.15, 0.2) is 200 Å². The molecule has 0 saturated carbocycles. The molecule has 0 unspecified atom stereocenters. The van der Waals surface area contributed by atoms with Crippen molar-refractivity contribution in [2.45, 2.75) is 0 Å². The van der Waals surface area contributed by atoms with Crippen molar-refractivity contribution in [2.24, 2.45) is 0 Å². The van der Waals surface area contributed by atoms with Crippen LogP contribution in [0.5, 0.6) is 0 Å². The Hall–Kier alpha value is -7.89. The van der Waals surface area contributed by atoms with E-state index in [4.69, 9.17) is 15.0 Å². The molecule has 58 heavy (non-hydrogen) atoms. The predicted octanol–water partition coefficient (Wildman–Crippen LogP) is 13.4. The zero-order valence-electron chi connectivity index (χ0n) is 31.3. The summed E-state index contributed by atoms with van der Waals surface area (Å²) in [5, 5.41) is 9.52. The third-order valence-electron chi connectivity index (χ3n) is 11.5. The van der Waals surface area contributed by atoms with Gasteiger partial charge in [0, 0.05) is 55.0 Å². The Labute approximate surface area is 333 Å². The van der Waals surface area contributed by atoms with Crippen LogP contribution in [0.4, 0.5) is 0 Å². The molecule has 0 N–H and O–H groups in total. The molecule has 0 bridgehead atoms. The molecule has 3 heterocycles. The van der Waals surface area contributed by atoms with Crippen molar-refractivity contribution in [3.8, 4) is 45.5 Å². The molecule has 0 fully saturated rings. The second-order valence-corrected chi connectivity index (χ2v) is 14.8. The highest BCUT2D eigenvalue weighted by Gasteiger charge is 2.21. The van der Waals surface area contributed by atoms with E-state index in [0.29, 0.717) is 17.5 Å². The first-order valence-corrected chi connectivity index (χ1v) is 19.6. The number of rotatable bonds is 5. The van der Waals surface area contributed by atoms with Crippen LogP contribution in [0, 0.1) is 0 Å². The summed E-state index contributed by atoms with van der Waals surface area (Å²) in [6.07, 6.45) is 0. The molecule has 0 amide bonds. The number of hydrogen-bond donors (Lipinski definition) is 0. The first kappa shape index (κ1) is 32.4. The van der Waals surface area contributed by atoms with Gasteiger partial charge in [-0.2, -0.15) is 0 Å². The lowest BCUT2D eigenvalue weighted by atomic mass is 10.0. The Kier molecular flexibility index (Phi) is 7.16. The summed E-state index contributed by atoms with van der Waals surface area (Å²) in [6.45, 7) is 0. The van der Waals surface area contributed by atoms with Crippen LogP contribution in [-0.4, -0.2) is 24.1 Å². The molecule has 9 aromatic carbocycles. The van der Waals surface area contributed by atoms with Gasteiger partial charge in [-0.1, -0.05) is 158 Å². The maximum Gasteiger partial charge on any atom is 0.164 e. The van der Waals surface area contributed by atoms with E-state index < -0.39 is 0 Å². The summed E-state index contributed by atoms with van der Waals surface area (Å²) in [5.74, 6) is 1.91. The lowest BCUT2D eigenvalue weighted by Gasteiger charge is -2.15. The summed E-state index contributed by atoms with van der Waals surface area (Å²) < 4.78 is 4.86. The third-order valence-corrected chi connectivity index (χ3v) is 11.5. The van der Waals surface area contributed by atoms with E-state index in [1.54, 1.807) is 0 Å². The zero-order valence-corrected chi connectivity index (χ0v) is 31.3. The molecular weight excluding hydrogens is 707 g/mol. The molecule has 3 aromatic heterocycles. The van der Waals surface area contributed by atoms with Gasteiger partial charge in [0.1, 0.15) is 0 Å². The molecule has 0 saturated heterocycles. The van der Waals surface area contributed by atoms with Gasteiger partial charge in [-0.3, -0.25) is 0 Å². The van der Waals surface area contributed by atoms with Crippen LogP contribution < -0.4 is 0 Å². The number of aromatic nitrogens is 5. The van der Waals surface area contributed by atoms with Gasteiger partial charge in [0.2, 0.25) is 0 Å². The fourth-order valence-electron chi connectivity index (χ4n) is 8.90. The van der Waals surface area contributed by atoms with E-state index in [1.807, 2.05) is 36.4 Å². The molecule has 0 aliphatic carbocycles. The monoisotopic (exact) mass is 739 g/mol. The largest absolute Gasteiger partial charge is 0.309 e. The normalized spacial score (nSPS) is 11.8. The van der Waals surface area contributed by atoms with E-state index in [1.165, 1.54) is 37.8 Å². The molecular formula is C53H33N5. The lowest BCUT2D eigenvalue weighted by molar-refractivity contribution is 1.07. The summed E-state index contributed by atoms with van der Waals surface area (Å²) >= 11 is 0. The highest BCUT2D eigenvalue weighted by Crippen LogP contribution is 2.42. The molecule has 0 atom stereocenters. The van der Waals surface area contributed by atoms with Gasteiger partial charge < -0.3 is 9.13 Å². The number of para-hydroxylation sites is 2. The summed E-state index contributed by atoms with van der Waals surface area (Å²) in [7, 11) is 0. The van der Waals surface area contributed by atoms with E-state index in [-0.39, 0.29) is 0 Å². The SMILES string of the molecule is c1ccc(-c2nc(-c3ccccc3)nc(-c3cc(-n4c5ccccc5c5cc6c7ccc8ccccc8c7n(-c7ccccc7)c6cc54)cc4ccccc34)n2)cc1. The zero-order chi connectivity index (χ0) is 38.2. The number of hydrogen-bond acceptors (Lipinski definition) is 3. The highest BCUT2D eigenvalue weighted by atomic mass is 15.0. The highest BCUT2D eigenvalue weighted by molar-refractivity contribution is 6.23. The molecule has 0 aliphatic rings. The second kappa shape index (κ2) is 12.8. The quantitative estimate of drug-likeness (QED) is 0.177. The van der Waals surface area contributed by atoms with Crippen LogP contribution in [0.25, 0.3) is 111 Å². The van der Waals surface area contributed by atoms with Crippen LogP contribution in [0.3, 0.4) is 0 Å². The Morgan fingerprint density at radius 1 is 0.293 bits per heavy atom. The van der Waals surface area contributed by atoms with Crippen LogP contribution >= 0.6 is 0 Å². The van der Waals surface area contributed by atoms with Crippen molar-refractivity contribution >= 4 is 65.2 Å². The van der Waals surface area contributed by atoms with Gasteiger partial charge in [0.05, 0.1) is 22.1 Å². The molecule has 0 radical (unpaired) electrons. The standard InChI is InChI=1S/C53H33N5/c1-4-17-35(18-5-1)51-54-52(36-19-6-2-7-20-36)56-53(55-51)46-31-39(30-37-21-11-12-24-40(37)46)57-47-27-15-14-26-42(47)44-32-45-43-29-28-34-16-10-13-25-41(34)50(43)58(49(45)33-48(44)57)38-22-8-3-9-23-38/h1-33H. The van der Waals surface area contributed by atoms with Crippen molar-refractivity contribution < 1.29 is 0 Å². The van der Waals surface area contributed by atoms with Gasteiger partial charge in [-0.25, -0.2) is 15.0 Å². The van der Waals surface area contributed by atoms with Gasteiger partial charge in [-0.05, 0) is 58.6 Å². The van der Waals surface area contributed by atoms with Crippen LogP contribution in [0.1, 0.15) is 0 Å². The van der Waals surface area contributed by atoms with E-state index in [2.05, 4.69) is 173 Å². The molecule has 0 aliphatic heterocycles. The lowest BCUT2D eigenvalue weighted by Crippen LogP contribution is -2.02. The average Bonchev–Trinajstić information content (AvgIpc) is 3.81. The summed E-state index contributed by atoms with van der Waals surface area (Å²) in [6, 6.07) is 71.0. The van der Waals surface area contributed by atoms with Crippen molar-refractivity contribution in [3.05, 3.63) is 200 Å². The second-order valence-electron chi connectivity index (χ2n) is 14.8. The number of benzene rings is 9. The van der Waals surface area contributed by atoms with Crippen molar-refractivity contribution in [3.63, 3.8) is 0 Å². The van der Waals surface area contributed by atoms with Crippen molar-refractivity contribution in [2.75, 3.05) is 0 Å². The first-order valence-electron chi connectivity index (χ1n) is 19.6. The summed E-state index contributed by atoms with van der Waals surface area (Å²) in [4.78, 5) is 15.4. The fraction of sp³-hybridized carbons (Fsp3) is 0. The topological polar surface area (TPSA) is 48.5 Å². The molecule has 12 rings (SSSR count). The first-order chi connectivity index (χ1) is 28.8. The number of fused-ring (bicyclic) bond motifs is 9. The molecule has 5 nitrogen and oxygen atoms in total. The predicted molar refractivity (Wildman–Crippen MR) is 240 cm³/mol. The van der Waals surface area contributed by atoms with E-state index in [0.717, 1.165) is 55.4 Å². The minimum atomic E-state index is 0.630. The van der Waals surface area contributed by atoms with Gasteiger partial charge in [0.15, 0.2) is 17.5 Å². The molecule has 0 spiro atoms. The van der Waals surface area contributed by atoms with E-state index in [9.17, 15) is 0 Å². The Bertz CT molecular complexity index is 3490. The van der Waals surface area contributed by atoms with E-state index >= 15 is 0 Å².